The monoisotopic (exact) mass is 372 g/mol. The summed E-state index contributed by atoms with van der Waals surface area (Å²) in [4.78, 5) is 4.96. The molecule has 2 heterocycles. The maximum atomic E-state index is 9.87. The van der Waals surface area contributed by atoms with Gasteiger partial charge in [-0.15, -0.1) is 0 Å². The van der Waals surface area contributed by atoms with Gasteiger partial charge in [-0.05, 0) is 43.4 Å². The zero-order chi connectivity index (χ0) is 19.2. The molecule has 0 spiro atoms. The highest BCUT2D eigenvalue weighted by atomic mass is 16.5. The number of morpholine rings is 1. The molecule has 0 saturated carbocycles. The zero-order valence-corrected chi connectivity index (χ0v) is 16.5. The van der Waals surface area contributed by atoms with Crippen LogP contribution in [0.4, 0.5) is 0 Å². The third-order valence-corrected chi connectivity index (χ3v) is 5.55. The topological polar surface area (TPSA) is 56.2 Å². The van der Waals surface area contributed by atoms with Gasteiger partial charge in [0.25, 0.3) is 0 Å². The minimum Gasteiger partial charge on any atom is -0.396 e. The lowest BCUT2D eigenvalue weighted by Gasteiger charge is -2.37. The quantitative estimate of drug-likeness (QED) is 0.761. The van der Waals surface area contributed by atoms with Gasteiger partial charge in [-0.3, -0.25) is 9.80 Å². The van der Waals surface area contributed by atoms with Crippen molar-refractivity contribution in [3.8, 4) is 11.8 Å². The van der Waals surface area contributed by atoms with Crippen LogP contribution in [-0.4, -0.2) is 78.2 Å². The van der Waals surface area contributed by atoms with E-state index in [4.69, 9.17) is 9.84 Å². The van der Waals surface area contributed by atoms with Crippen molar-refractivity contribution in [1.82, 2.24) is 9.80 Å². The van der Waals surface area contributed by atoms with E-state index >= 15 is 0 Å². The van der Waals surface area contributed by atoms with Crippen LogP contribution in [0.15, 0.2) is 24.3 Å². The average Bonchev–Trinajstić information content (AvgIpc) is 3.01. The highest BCUT2D eigenvalue weighted by Gasteiger charge is 2.34. The number of benzene rings is 1. The van der Waals surface area contributed by atoms with Crippen molar-refractivity contribution in [3.05, 3.63) is 35.4 Å². The number of ether oxygens (including phenoxy) is 1. The fourth-order valence-electron chi connectivity index (χ4n) is 4.44. The largest absolute Gasteiger partial charge is 0.396 e. The second-order valence-electron chi connectivity index (χ2n) is 8.03. The Bertz CT molecular complexity index is 642. The predicted octanol–water partition coefficient (Wildman–Crippen LogP) is 1.18. The van der Waals surface area contributed by atoms with E-state index in [2.05, 4.69) is 47.6 Å². The lowest BCUT2D eigenvalue weighted by atomic mass is 9.96. The number of nitrogens with zero attached hydrogens (tertiary/aromatic N) is 2. The zero-order valence-electron chi connectivity index (χ0n) is 16.5. The minimum atomic E-state index is -0.111. The summed E-state index contributed by atoms with van der Waals surface area (Å²) in [5.74, 6) is 6.45. The van der Waals surface area contributed by atoms with Crippen molar-refractivity contribution < 1.29 is 14.9 Å². The van der Waals surface area contributed by atoms with Gasteiger partial charge in [-0.2, -0.15) is 0 Å². The van der Waals surface area contributed by atoms with Crippen LogP contribution in [0.5, 0.6) is 0 Å². The van der Waals surface area contributed by atoms with Gasteiger partial charge in [-0.25, -0.2) is 0 Å². The maximum absolute atomic E-state index is 9.87. The minimum absolute atomic E-state index is 0.111. The van der Waals surface area contributed by atoms with Crippen LogP contribution in [0.3, 0.4) is 0 Å². The van der Waals surface area contributed by atoms with E-state index in [1.165, 1.54) is 5.56 Å². The number of aliphatic hydroxyl groups is 2. The van der Waals surface area contributed by atoms with Gasteiger partial charge in [-0.1, -0.05) is 24.0 Å². The summed E-state index contributed by atoms with van der Waals surface area (Å²) in [7, 11) is 0. The summed E-state index contributed by atoms with van der Waals surface area (Å²) < 4.78 is 5.84. The van der Waals surface area contributed by atoms with Gasteiger partial charge in [0, 0.05) is 51.4 Å². The molecule has 0 aromatic heterocycles. The first-order valence-electron chi connectivity index (χ1n) is 9.97. The lowest BCUT2D eigenvalue weighted by molar-refractivity contribution is -0.0727. The number of hydrogen-bond acceptors (Lipinski definition) is 5. The Morgan fingerprint density at radius 2 is 1.63 bits per heavy atom. The summed E-state index contributed by atoms with van der Waals surface area (Å²) in [6.45, 7) is 10.3. The molecule has 2 N–H and O–H groups in total. The average molecular weight is 373 g/mol. The number of likely N-dealkylation sites (tertiary alicyclic amines) is 1. The molecule has 3 rings (SSSR count). The second-order valence-corrected chi connectivity index (χ2v) is 8.03. The smallest absolute Gasteiger partial charge is 0.104 e. The Kier molecular flexibility index (Phi) is 7.28. The summed E-state index contributed by atoms with van der Waals surface area (Å²) in [6, 6.07) is 8.22. The SMILES string of the molecule is CC1CN(CC2CN(Cc3ccc(C#CCO)cc3)CC2CO)CC(C)O1. The van der Waals surface area contributed by atoms with Gasteiger partial charge in [0.2, 0.25) is 0 Å². The number of rotatable bonds is 5. The molecule has 2 saturated heterocycles. The molecule has 0 amide bonds. The summed E-state index contributed by atoms with van der Waals surface area (Å²) in [5.41, 5.74) is 2.19. The van der Waals surface area contributed by atoms with Crippen molar-refractivity contribution in [2.24, 2.45) is 11.8 Å². The van der Waals surface area contributed by atoms with Gasteiger partial charge in [0.05, 0.1) is 12.2 Å². The summed E-state index contributed by atoms with van der Waals surface area (Å²) >= 11 is 0. The molecule has 148 valence electrons. The highest BCUT2D eigenvalue weighted by molar-refractivity contribution is 5.36. The van der Waals surface area contributed by atoms with Crippen LogP contribution in [0, 0.1) is 23.7 Å². The fourth-order valence-corrected chi connectivity index (χ4v) is 4.44. The van der Waals surface area contributed by atoms with E-state index in [9.17, 15) is 5.11 Å². The van der Waals surface area contributed by atoms with Crippen LogP contribution < -0.4 is 0 Å². The number of aliphatic hydroxyl groups excluding tert-OH is 2. The molecule has 0 bridgehead atoms. The summed E-state index contributed by atoms with van der Waals surface area (Å²) in [6.07, 6.45) is 0.567. The van der Waals surface area contributed by atoms with Gasteiger partial charge in [0.15, 0.2) is 0 Å². The molecule has 4 atom stereocenters. The molecule has 2 fully saturated rings. The van der Waals surface area contributed by atoms with Crippen molar-refractivity contribution >= 4 is 0 Å². The molecule has 27 heavy (non-hydrogen) atoms. The Balaban J connectivity index is 1.55. The first kappa shape index (κ1) is 20.3. The molecule has 2 aliphatic heterocycles. The van der Waals surface area contributed by atoms with Crippen molar-refractivity contribution in [2.75, 3.05) is 45.9 Å². The molecule has 5 nitrogen and oxygen atoms in total. The van der Waals surface area contributed by atoms with E-state index in [1.54, 1.807) is 0 Å². The third kappa shape index (κ3) is 5.78. The van der Waals surface area contributed by atoms with E-state index in [1.807, 2.05) is 12.1 Å². The van der Waals surface area contributed by atoms with Crippen molar-refractivity contribution in [1.29, 1.82) is 0 Å². The maximum Gasteiger partial charge on any atom is 0.104 e. The number of hydrogen-bond donors (Lipinski definition) is 2. The predicted molar refractivity (Wildman–Crippen MR) is 106 cm³/mol. The molecule has 2 aliphatic rings. The van der Waals surface area contributed by atoms with Crippen LogP contribution in [-0.2, 0) is 11.3 Å². The Hall–Kier alpha value is -1.42. The Morgan fingerprint density at radius 1 is 0.963 bits per heavy atom. The normalized spacial score (nSPS) is 29.5. The van der Waals surface area contributed by atoms with Crippen molar-refractivity contribution in [2.45, 2.75) is 32.6 Å². The fraction of sp³-hybridized carbons (Fsp3) is 0.636. The summed E-state index contributed by atoms with van der Waals surface area (Å²) in [5, 5.41) is 18.6. The van der Waals surface area contributed by atoms with E-state index in [-0.39, 0.29) is 25.4 Å². The van der Waals surface area contributed by atoms with Crippen LogP contribution in [0.1, 0.15) is 25.0 Å². The molecular formula is C22H32N2O3. The first-order valence-corrected chi connectivity index (χ1v) is 9.97. The molecule has 1 aromatic rings. The van der Waals surface area contributed by atoms with E-state index in [0.717, 1.165) is 44.8 Å². The van der Waals surface area contributed by atoms with Crippen molar-refractivity contribution in [3.63, 3.8) is 0 Å². The highest BCUT2D eigenvalue weighted by Crippen LogP contribution is 2.26. The first-order chi connectivity index (χ1) is 13.1. The van der Waals surface area contributed by atoms with E-state index in [0.29, 0.717) is 11.8 Å². The molecule has 0 radical (unpaired) electrons. The Labute approximate surface area is 162 Å². The van der Waals surface area contributed by atoms with Gasteiger partial charge in [0.1, 0.15) is 6.61 Å². The lowest BCUT2D eigenvalue weighted by Crippen LogP contribution is -2.48. The second kappa shape index (κ2) is 9.68. The van der Waals surface area contributed by atoms with Gasteiger partial charge < -0.3 is 14.9 Å². The molecule has 5 heteroatoms. The van der Waals surface area contributed by atoms with Gasteiger partial charge >= 0.3 is 0 Å². The van der Waals surface area contributed by atoms with Crippen LogP contribution in [0.2, 0.25) is 0 Å². The third-order valence-electron chi connectivity index (χ3n) is 5.55. The molecule has 4 unspecified atom stereocenters. The van der Waals surface area contributed by atoms with Crippen LogP contribution in [0.25, 0.3) is 0 Å². The molecule has 1 aromatic carbocycles. The van der Waals surface area contributed by atoms with Crippen LogP contribution >= 0.6 is 0 Å². The standard InChI is InChI=1S/C22H32N2O3/c1-17-10-23(11-18(2)27-17)13-21-14-24(15-22(21)16-26)12-20-7-5-19(6-8-20)4-3-9-25/h5-8,17-18,21-22,25-26H,9-16H2,1-2H3. The molecular weight excluding hydrogens is 340 g/mol. The Morgan fingerprint density at radius 3 is 2.26 bits per heavy atom. The molecule has 0 aliphatic carbocycles. The van der Waals surface area contributed by atoms with E-state index < -0.39 is 0 Å².